The lowest BCUT2D eigenvalue weighted by molar-refractivity contribution is 0.712. The first kappa shape index (κ1) is 11.0. The standard InChI is InChI=1S/C15H15N3/c16-9-12-5-7-13(8-6-12)11-18-15-4-2-1-3-14(15)10-17-18/h1-8,10H,9,11,16H2. The van der Waals surface area contributed by atoms with Crippen LogP contribution in [-0.4, -0.2) is 9.78 Å². The van der Waals surface area contributed by atoms with Gasteiger partial charge in [-0.05, 0) is 17.2 Å². The van der Waals surface area contributed by atoms with E-state index in [-0.39, 0.29) is 0 Å². The van der Waals surface area contributed by atoms with E-state index in [1.54, 1.807) is 0 Å². The van der Waals surface area contributed by atoms with E-state index in [0.717, 1.165) is 12.1 Å². The Balaban J connectivity index is 1.91. The van der Waals surface area contributed by atoms with Crippen molar-refractivity contribution in [3.05, 3.63) is 65.9 Å². The van der Waals surface area contributed by atoms with Crippen molar-refractivity contribution in [2.45, 2.75) is 13.1 Å². The van der Waals surface area contributed by atoms with E-state index in [1.807, 2.05) is 23.0 Å². The second-order valence-corrected chi connectivity index (χ2v) is 4.38. The number of rotatable bonds is 3. The molecule has 0 aliphatic heterocycles. The van der Waals surface area contributed by atoms with Gasteiger partial charge in [0.25, 0.3) is 0 Å². The van der Waals surface area contributed by atoms with Crippen LogP contribution in [0.2, 0.25) is 0 Å². The van der Waals surface area contributed by atoms with Crippen LogP contribution in [0, 0.1) is 0 Å². The van der Waals surface area contributed by atoms with Crippen molar-refractivity contribution in [1.82, 2.24) is 9.78 Å². The average molecular weight is 237 g/mol. The third-order valence-corrected chi connectivity index (χ3v) is 3.14. The molecule has 0 spiro atoms. The minimum absolute atomic E-state index is 0.588. The first-order chi connectivity index (χ1) is 8.86. The maximum atomic E-state index is 5.59. The lowest BCUT2D eigenvalue weighted by Gasteiger charge is -2.05. The molecular formula is C15H15N3. The predicted molar refractivity (Wildman–Crippen MR) is 73.2 cm³/mol. The summed E-state index contributed by atoms with van der Waals surface area (Å²) in [7, 11) is 0. The predicted octanol–water partition coefficient (Wildman–Crippen LogP) is 2.54. The molecule has 0 aliphatic carbocycles. The molecule has 0 amide bonds. The SMILES string of the molecule is NCc1ccc(Cn2ncc3ccccc32)cc1. The number of fused-ring (bicyclic) bond motifs is 1. The smallest absolute Gasteiger partial charge is 0.0686 e. The largest absolute Gasteiger partial charge is 0.326 e. The molecule has 0 saturated heterocycles. The van der Waals surface area contributed by atoms with Gasteiger partial charge < -0.3 is 5.73 Å². The molecule has 0 atom stereocenters. The molecule has 0 aliphatic rings. The Bertz CT molecular complexity index is 653. The number of hydrogen-bond acceptors (Lipinski definition) is 2. The molecule has 0 unspecified atom stereocenters. The molecule has 2 aromatic carbocycles. The van der Waals surface area contributed by atoms with Crippen molar-refractivity contribution < 1.29 is 0 Å². The van der Waals surface area contributed by atoms with Crippen LogP contribution in [0.1, 0.15) is 11.1 Å². The molecule has 90 valence electrons. The lowest BCUT2D eigenvalue weighted by atomic mass is 10.1. The summed E-state index contributed by atoms with van der Waals surface area (Å²) in [5, 5.41) is 5.60. The minimum atomic E-state index is 0.588. The molecule has 2 N–H and O–H groups in total. The first-order valence-corrected chi connectivity index (χ1v) is 6.05. The van der Waals surface area contributed by atoms with Crippen LogP contribution in [0.25, 0.3) is 10.9 Å². The highest BCUT2D eigenvalue weighted by atomic mass is 15.3. The Labute approximate surface area is 106 Å². The van der Waals surface area contributed by atoms with Crippen molar-refractivity contribution >= 4 is 10.9 Å². The normalized spacial score (nSPS) is 10.9. The number of hydrogen-bond donors (Lipinski definition) is 1. The molecule has 1 heterocycles. The van der Waals surface area contributed by atoms with Gasteiger partial charge in [-0.3, -0.25) is 4.68 Å². The quantitative estimate of drug-likeness (QED) is 0.760. The average Bonchev–Trinajstić information content (AvgIpc) is 2.83. The fourth-order valence-corrected chi connectivity index (χ4v) is 2.11. The van der Waals surface area contributed by atoms with Gasteiger partial charge in [0.2, 0.25) is 0 Å². The van der Waals surface area contributed by atoms with E-state index in [9.17, 15) is 0 Å². The van der Waals surface area contributed by atoms with Crippen LogP contribution >= 0.6 is 0 Å². The van der Waals surface area contributed by atoms with Crippen LogP contribution in [0.4, 0.5) is 0 Å². The van der Waals surface area contributed by atoms with E-state index in [0.29, 0.717) is 6.54 Å². The third kappa shape index (κ3) is 2.00. The van der Waals surface area contributed by atoms with Crippen molar-refractivity contribution in [2.75, 3.05) is 0 Å². The second-order valence-electron chi connectivity index (χ2n) is 4.38. The van der Waals surface area contributed by atoms with Crippen LogP contribution < -0.4 is 5.73 Å². The van der Waals surface area contributed by atoms with E-state index < -0.39 is 0 Å². The maximum Gasteiger partial charge on any atom is 0.0686 e. The second kappa shape index (κ2) is 4.63. The summed E-state index contributed by atoms with van der Waals surface area (Å²) < 4.78 is 2.02. The van der Waals surface area contributed by atoms with Gasteiger partial charge in [-0.2, -0.15) is 5.10 Å². The van der Waals surface area contributed by atoms with Gasteiger partial charge in [0, 0.05) is 11.9 Å². The molecule has 3 heteroatoms. The molecule has 18 heavy (non-hydrogen) atoms. The van der Waals surface area contributed by atoms with Crippen LogP contribution in [-0.2, 0) is 13.1 Å². The Morgan fingerprint density at radius 3 is 2.44 bits per heavy atom. The number of aromatic nitrogens is 2. The summed E-state index contributed by atoms with van der Waals surface area (Å²) in [4.78, 5) is 0. The third-order valence-electron chi connectivity index (χ3n) is 3.14. The molecule has 0 saturated carbocycles. The molecule has 3 nitrogen and oxygen atoms in total. The van der Waals surface area contributed by atoms with Gasteiger partial charge in [-0.25, -0.2) is 0 Å². The van der Waals surface area contributed by atoms with Gasteiger partial charge in [0.1, 0.15) is 0 Å². The monoisotopic (exact) mass is 237 g/mol. The summed E-state index contributed by atoms with van der Waals surface area (Å²) in [6.07, 6.45) is 1.91. The summed E-state index contributed by atoms with van der Waals surface area (Å²) in [6.45, 7) is 1.38. The van der Waals surface area contributed by atoms with Crippen LogP contribution in [0.5, 0.6) is 0 Å². The Hall–Kier alpha value is -2.13. The lowest BCUT2D eigenvalue weighted by Crippen LogP contribution is -2.02. The molecule has 3 aromatic rings. The van der Waals surface area contributed by atoms with Crippen molar-refractivity contribution in [2.24, 2.45) is 5.73 Å². The summed E-state index contributed by atoms with van der Waals surface area (Å²) in [6, 6.07) is 16.6. The minimum Gasteiger partial charge on any atom is -0.326 e. The highest BCUT2D eigenvalue weighted by Crippen LogP contribution is 2.14. The highest BCUT2D eigenvalue weighted by Gasteiger charge is 2.02. The van der Waals surface area contributed by atoms with Gasteiger partial charge >= 0.3 is 0 Å². The molecule has 1 aromatic heterocycles. The molecule has 0 fully saturated rings. The highest BCUT2D eigenvalue weighted by molar-refractivity contribution is 5.78. The van der Waals surface area contributed by atoms with Gasteiger partial charge in [0.05, 0.1) is 18.3 Å². The zero-order valence-electron chi connectivity index (χ0n) is 10.1. The summed E-state index contributed by atoms with van der Waals surface area (Å²) >= 11 is 0. The summed E-state index contributed by atoms with van der Waals surface area (Å²) in [5.74, 6) is 0. The maximum absolute atomic E-state index is 5.59. The van der Waals surface area contributed by atoms with E-state index in [1.165, 1.54) is 16.5 Å². The van der Waals surface area contributed by atoms with Crippen LogP contribution in [0.15, 0.2) is 54.7 Å². The topological polar surface area (TPSA) is 43.8 Å². The number of benzene rings is 2. The van der Waals surface area contributed by atoms with Crippen molar-refractivity contribution in [1.29, 1.82) is 0 Å². The van der Waals surface area contributed by atoms with Gasteiger partial charge in [-0.1, -0.05) is 42.5 Å². The zero-order chi connectivity index (χ0) is 12.4. The molecular weight excluding hydrogens is 222 g/mol. The fraction of sp³-hybridized carbons (Fsp3) is 0.133. The first-order valence-electron chi connectivity index (χ1n) is 6.05. The van der Waals surface area contributed by atoms with E-state index in [4.69, 9.17) is 5.73 Å². The van der Waals surface area contributed by atoms with E-state index in [2.05, 4.69) is 41.5 Å². The molecule has 3 rings (SSSR count). The fourth-order valence-electron chi connectivity index (χ4n) is 2.11. The summed E-state index contributed by atoms with van der Waals surface area (Å²) in [5.41, 5.74) is 9.15. The van der Waals surface area contributed by atoms with E-state index >= 15 is 0 Å². The Morgan fingerprint density at radius 1 is 0.944 bits per heavy atom. The number of nitrogens with zero attached hydrogens (tertiary/aromatic N) is 2. The number of nitrogens with two attached hydrogens (primary N) is 1. The Kier molecular flexibility index (Phi) is 2.82. The van der Waals surface area contributed by atoms with Crippen LogP contribution in [0.3, 0.4) is 0 Å². The van der Waals surface area contributed by atoms with Crippen molar-refractivity contribution in [3.8, 4) is 0 Å². The van der Waals surface area contributed by atoms with Crippen molar-refractivity contribution in [3.63, 3.8) is 0 Å². The van der Waals surface area contributed by atoms with Gasteiger partial charge in [0.15, 0.2) is 0 Å². The molecule has 0 bridgehead atoms. The Morgan fingerprint density at radius 2 is 1.67 bits per heavy atom. The molecule has 0 radical (unpaired) electrons. The number of para-hydroxylation sites is 1. The zero-order valence-corrected chi connectivity index (χ0v) is 10.1. The van der Waals surface area contributed by atoms with Gasteiger partial charge in [-0.15, -0.1) is 0 Å².